The summed E-state index contributed by atoms with van der Waals surface area (Å²) in [6, 6.07) is 4.76. The summed E-state index contributed by atoms with van der Waals surface area (Å²) in [4.78, 5) is 0. The van der Waals surface area contributed by atoms with E-state index in [2.05, 4.69) is 60.6 Å². The standard InChI is InChI=1S/C17H26/c1-8-17(7)13(4)16(5,6)14-10-11(2)9-12(3)15(14)17/h9-10,13H,8H2,1-7H3/t13-,17+/m0/s1. The Bertz CT molecular complexity index is 453. The van der Waals surface area contributed by atoms with Crippen molar-refractivity contribution >= 4 is 0 Å². The Morgan fingerprint density at radius 2 is 1.71 bits per heavy atom. The summed E-state index contributed by atoms with van der Waals surface area (Å²) in [5, 5.41) is 0. The second kappa shape index (κ2) is 3.60. The van der Waals surface area contributed by atoms with Gasteiger partial charge >= 0.3 is 0 Å². The third-order valence-electron chi connectivity index (χ3n) is 5.52. The lowest BCUT2D eigenvalue weighted by Gasteiger charge is -2.35. The minimum Gasteiger partial charge on any atom is -0.0645 e. The summed E-state index contributed by atoms with van der Waals surface area (Å²) < 4.78 is 0. The van der Waals surface area contributed by atoms with Crippen LogP contribution in [-0.2, 0) is 10.8 Å². The average Bonchev–Trinajstić information content (AvgIpc) is 2.39. The second-order valence-electron chi connectivity index (χ2n) is 6.72. The molecule has 0 radical (unpaired) electrons. The van der Waals surface area contributed by atoms with E-state index in [9.17, 15) is 0 Å². The molecule has 1 aromatic rings. The third-order valence-corrected chi connectivity index (χ3v) is 5.52. The summed E-state index contributed by atoms with van der Waals surface area (Å²) in [7, 11) is 0. The van der Waals surface area contributed by atoms with Crippen LogP contribution in [0.4, 0.5) is 0 Å². The number of aryl methyl sites for hydroxylation is 2. The summed E-state index contributed by atoms with van der Waals surface area (Å²) in [6.45, 7) is 16.5. The number of fused-ring (bicyclic) bond motifs is 1. The smallest absolute Gasteiger partial charge is 0.00384 e. The van der Waals surface area contributed by atoms with Crippen molar-refractivity contribution in [3.8, 4) is 0 Å². The molecule has 1 aliphatic rings. The molecule has 0 N–H and O–H groups in total. The van der Waals surface area contributed by atoms with Crippen molar-refractivity contribution in [3.63, 3.8) is 0 Å². The zero-order valence-corrected chi connectivity index (χ0v) is 12.4. The van der Waals surface area contributed by atoms with Crippen LogP contribution in [0.2, 0.25) is 0 Å². The highest BCUT2D eigenvalue weighted by molar-refractivity contribution is 5.52. The van der Waals surface area contributed by atoms with E-state index in [4.69, 9.17) is 0 Å². The average molecular weight is 230 g/mol. The molecule has 0 spiro atoms. The van der Waals surface area contributed by atoms with E-state index in [1.807, 2.05) is 0 Å². The van der Waals surface area contributed by atoms with Gasteiger partial charge < -0.3 is 0 Å². The molecule has 0 saturated carbocycles. The molecule has 0 heterocycles. The van der Waals surface area contributed by atoms with Crippen LogP contribution >= 0.6 is 0 Å². The first-order chi connectivity index (χ1) is 7.75. The maximum absolute atomic E-state index is 2.45. The van der Waals surface area contributed by atoms with Crippen LogP contribution in [0.3, 0.4) is 0 Å². The van der Waals surface area contributed by atoms with Gasteiger partial charge in [-0.3, -0.25) is 0 Å². The molecule has 17 heavy (non-hydrogen) atoms. The molecule has 1 aliphatic carbocycles. The van der Waals surface area contributed by atoms with Gasteiger partial charge in [-0.05, 0) is 53.7 Å². The van der Waals surface area contributed by atoms with Gasteiger partial charge in [0.15, 0.2) is 0 Å². The highest BCUT2D eigenvalue weighted by Crippen LogP contribution is 2.56. The third kappa shape index (κ3) is 1.49. The van der Waals surface area contributed by atoms with Crippen molar-refractivity contribution in [2.75, 3.05) is 0 Å². The monoisotopic (exact) mass is 230 g/mol. The Morgan fingerprint density at radius 1 is 1.12 bits per heavy atom. The fourth-order valence-electron chi connectivity index (χ4n) is 3.96. The Morgan fingerprint density at radius 3 is 2.24 bits per heavy atom. The number of hydrogen-bond acceptors (Lipinski definition) is 0. The highest BCUT2D eigenvalue weighted by Gasteiger charge is 2.50. The molecule has 0 saturated heterocycles. The molecule has 0 aliphatic heterocycles. The zero-order valence-electron chi connectivity index (χ0n) is 12.4. The van der Waals surface area contributed by atoms with Gasteiger partial charge in [-0.25, -0.2) is 0 Å². The summed E-state index contributed by atoms with van der Waals surface area (Å²) in [5.74, 6) is 0.704. The first kappa shape index (κ1) is 12.7. The van der Waals surface area contributed by atoms with Crippen molar-refractivity contribution < 1.29 is 0 Å². The molecule has 0 amide bonds. The van der Waals surface area contributed by atoms with Gasteiger partial charge in [0.1, 0.15) is 0 Å². The number of rotatable bonds is 1. The van der Waals surface area contributed by atoms with Crippen LogP contribution in [0.15, 0.2) is 12.1 Å². The van der Waals surface area contributed by atoms with E-state index in [0.717, 1.165) is 0 Å². The maximum Gasteiger partial charge on any atom is -0.00384 e. The Balaban J connectivity index is 2.79. The molecule has 2 atom stereocenters. The van der Waals surface area contributed by atoms with Crippen LogP contribution in [-0.4, -0.2) is 0 Å². The summed E-state index contributed by atoms with van der Waals surface area (Å²) >= 11 is 0. The van der Waals surface area contributed by atoms with Crippen molar-refractivity contribution in [2.45, 2.75) is 65.7 Å². The highest BCUT2D eigenvalue weighted by atomic mass is 14.5. The van der Waals surface area contributed by atoms with E-state index in [1.165, 1.54) is 17.5 Å². The predicted molar refractivity (Wildman–Crippen MR) is 75.7 cm³/mol. The van der Waals surface area contributed by atoms with Crippen LogP contribution in [0.1, 0.15) is 63.3 Å². The van der Waals surface area contributed by atoms with Gasteiger partial charge in [0.25, 0.3) is 0 Å². The maximum atomic E-state index is 2.45. The molecule has 0 aromatic heterocycles. The van der Waals surface area contributed by atoms with Gasteiger partial charge in [0, 0.05) is 0 Å². The Kier molecular flexibility index (Phi) is 2.69. The molecule has 1 aromatic carbocycles. The first-order valence-corrected chi connectivity index (χ1v) is 6.87. The van der Waals surface area contributed by atoms with E-state index in [1.54, 1.807) is 11.1 Å². The lowest BCUT2D eigenvalue weighted by atomic mass is 9.68. The first-order valence-electron chi connectivity index (χ1n) is 6.87. The molecule has 2 rings (SSSR count). The minimum absolute atomic E-state index is 0.302. The topological polar surface area (TPSA) is 0 Å². The van der Waals surface area contributed by atoms with Gasteiger partial charge in [0.05, 0.1) is 0 Å². The lowest BCUT2D eigenvalue weighted by molar-refractivity contribution is 0.239. The zero-order chi connectivity index (χ0) is 13.0. The Labute approximate surface area is 106 Å². The fraction of sp³-hybridized carbons (Fsp3) is 0.647. The molecule has 0 unspecified atom stereocenters. The SMILES string of the molecule is CC[C@@]1(C)c2c(C)cc(C)cc2C(C)(C)[C@@H]1C. The lowest BCUT2D eigenvalue weighted by Crippen LogP contribution is -2.33. The van der Waals surface area contributed by atoms with E-state index in [0.29, 0.717) is 16.7 Å². The molecular weight excluding hydrogens is 204 g/mol. The molecular formula is C17H26. The second-order valence-corrected chi connectivity index (χ2v) is 6.72. The van der Waals surface area contributed by atoms with E-state index >= 15 is 0 Å². The molecule has 0 bridgehead atoms. The minimum atomic E-state index is 0.302. The normalized spacial score (nSPS) is 30.4. The van der Waals surface area contributed by atoms with Gasteiger partial charge in [-0.2, -0.15) is 0 Å². The molecule has 0 heteroatoms. The summed E-state index contributed by atoms with van der Waals surface area (Å²) in [6.07, 6.45) is 1.23. The van der Waals surface area contributed by atoms with Crippen LogP contribution in [0, 0.1) is 19.8 Å². The van der Waals surface area contributed by atoms with Crippen molar-refractivity contribution in [3.05, 3.63) is 34.4 Å². The van der Waals surface area contributed by atoms with Crippen LogP contribution in [0.25, 0.3) is 0 Å². The Hall–Kier alpha value is -0.780. The van der Waals surface area contributed by atoms with E-state index < -0.39 is 0 Å². The molecule has 94 valence electrons. The molecule has 0 nitrogen and oxygen atoms in total. The van der Waals surface area contributed by atoms with Crippen LogP contribution in [0.5, 0.6) is 0 Å². The fourth-order valence-corrected chi connectivity index (χ4v) is 3.96. The van der Waals surface area contributed by atoms with Crippen LogP contribution < -0.4 is 0 Å². The van der Waals surface area contributed by atoms with Crippen molar-refractivity contribution in [2.24, 2.45) is 5.92 Å². The van der Waals surface area contributed by atoms with Gasteiger partial charge in [-0.15, -0.1) is 0 Å². The summed E-state index contributed by atoms with van der Waals surface area (Å²) in [5.41, 5.74) is 6.76. The largest absolute Gasteiger partial charge is 0.0645 e. The quantitative estimate of drug-likeness (QED) is 0.644. The van der Waals surface area contributed by atoms with Gasteiger partial charge in [0.2, 0.25) is 0 Å². The van der Waals surface area contributed by atoms with Crippen molar-refractivity contribution in [1.29, 1.82) is 0 Å². The number of hydrogen-bond donors (Lipinski definition) is 0. The van der Waals surface area contributed by atoms with Crippen molar-refractivity contribution in [1.82, 2.24) is 0 Å². The van der Waals surface area contributed by atoms with E-state index in [-0.39, 0.29) is 0 Å². The number of benzene rings is 1. The molecule has 0 fully saturated rings. The predicted octanol–water partition coefficient (Wildman–Crippen LogP) is 4.90. The van der Waals surface area contributed by atoms with Gasteiger partial charge in [-0.1, -0.05) is 52.3 Å².